The Kier molecular flexibility index (Phi) is 4.48. The second kappa shape index (κ2) is 6.14. The van der Waals surface area contributed by atoms with Crippen molar-refractivity contribution < 1.29 is 9.47 Å². The molecule has 1 atom stereocenters. The summed E-state index contributed by atoms with van der Waals surface area (Å²) >= 11 is 0. The maximum atomic E-state index is 6.52. The fraction of sp³-hybridized carbons (Fsp3) is 0.353. The number of hydrogen-bond acceptors (Lipinski definition) is 4. The molecule has 2 aromatic rings. The van der Waals surface area contributed by atoms with Crippen molar-refractivity contribution in [2.45, 2.75) is 25.8 Å². The lowest BCUT2D eigenvalue weighted by Gasteiger charge is -2.27. The average Bonchev–Trinajstić information content (AvgIpc) is 2.47. The van der Waals surface area contributed by atoms with Gasteiger partial charge >= 0.3 is 0 Å². The van der Waals surface area contributed by atoms with Crippen LogP contribution in [0.15, 0.2) is 36.7 Å². The number of hydrogen-bond donors (Lipinski definition) is 1. The van der Waals surface area contributed by atoms with Crippen molar-refractivity contribution in [2.75, 3.05) is 14.2 Å². The van der Waals surface area contributed by atoms with Crippen LogP contribution in [0.1, 0.15) is 23.6 Å². The number of benzene rings is 1. The van der Waals surface area contributed by atoms with E-state index in [-0.39, 0.29) is 0 Å². The molecule has 1 aromatic carbocycles. The predicted octanol–water partition coefficient (Wildman–Crippen LogP) is 2.82. The lowest BCUT2D eigenvalue weighted by molar-refractivity contribution is 0.354. The summed E-state index contributed by atoms with van der Waals surface area (Å²) in [5.74, 6) is 1.44. The zero-order valence-electron chi connectivity index (χ0n) is 13.0. The third-order valence-electron chi connectivity index (χ3n) is 3.67. The number of rotatable bonds is 5. The van der Waals surface area contributed by atoms with E-state index >= 15 is 0 Å². The minimum atomic E-state index is -0.488. The molecule has 0 saturated carbocycles. The van der Waals surface area contributed by atoms with Gasteiger partial charge in [-0.15, -0.1) is 0 Å². The molecule has 0 aliphatic heterocycles. The number of ether oxygens (including phenoxy) is 2. The third kappa shape index (κ3) is 3.34. The molecular formula is C17H22N2O2. The Balaban J connectivity index is 2.30. The highest BCUT2D eigenvalue weighted by molar-refractivity contribution is 5.44. The van der Waals surface area contributed by atoms with Crippen LogP contribution in [0, 0.1) is 6.92 Å². The van der Waals surface area contributed by atoms with Gasteiger partial charge in [-0.2, -0.15) is 0 Å². The second-order valence-corrected chi connectivity index (χ2v) is 5.47. The number of pyridine rings is 1. The van der Waals surface area contributed by atoms with Crippen LogP contribution in [0.25, 0.3) is 0 Å². The van der Waals surface area contributed by atoms with E-state index < -0.39 is 5.54 Å². The van der Waals surface area contributed by atoms with Crippen LogP contribution < -0.4 is 15.2 Å². The molecule has 2 N–H and O–H groups in total. The predicted molar refractivity (Wildman–Crippen MR) is 83.8 cm³/mol. The standard InChI is InChI=1S/C17H22N2O2/c1-12-7-8-19-11-14(12)17(2,18)10-13-5-6-15(20-3)16(9-13)21-4/h5-9,11H,10,18H2,1-4H3. The monoisotopic (exact) mass is 286 g/mol. The normalized spacial score (nSPS) is 13.6. The van der Waals surface area contributed by atoms with Crippen LogP contribution in [0.4, 0.5) is 0 Å². The highest BCUT2D eigenvalue weighted by Crippen LogP contribution is 2.31. The Labute approximate surface area is 125 Å². The zero-order chi connectivity index (χ0) is 15.5. The van der Waals surface area contributed by atoms with Crippen LogP contribution in [-0.2, 0) is 12.0 Å². The van der Waals surface area contributed by atoms with Crippen LogP contribution in [0.5, 0.6) is 11.5 Å². The molecule has 112 valence electrons. The van der Waals surface area contributed by atoms with Crippen LogP contribution in [0.2, 0.25) is 0 Å². The van der Waals surface area contributed by atoms with Crippen LogP contribution >= 0.6 is 0 Å². The molecule has 1 heterocycles. The Morgan fingerprint density at radius 1 is 1.14 bits per heavy atom. The number of methoxy groups -OCH3 is 2. The van der Waals surface area contributed by atoms with E-state index in [2.05, 4.69) is 11.9 Å². The van der Waals surface area contributed by atoms with Crippen molar-refractivity contribution in [3.63, 3.8) is 0 Å². The molecule has 0 fully saturated rings. The van der Waals surface area contributed by atoms with Crippen molar-refractivity contribution in [1.82, 2.24) is 4.98 Å². The van der Waals surface area contributed by atoms with E-state index in [9.17, 15) is 0 Å². The van der Waals surface area contributed by atoms with Gasteiger partial charge in [0.25, 0.3) is 0 Å². The summed E-state index contributed by atoms with van der Waals surface area (Å²) in [6.07, 6.45) is 4.32. The molecule has 0 amide bonds. The van der Waals surface area contributed by atoms with Gasteiger partial charge in [0.15, 0.2) is 11.5 Å². The van der Waals surface area contributed by atoms with E-state index in [0.717, 1.165) is 22.4 Å². The van der Waals surface area contributed by atoms with Gasteiger partial charge < -0.3 is 15.2 Å². The molecule has 0 bridgehead atoms. The highest BCUT2D eigenvalue weighted by Gasteiger charge is 2.24. The number of aryl methyl sites for hydroxylation is 1. The molecule has 1 aromatic heterocycles. The largest absolute Gasteiger partial charge is 0.493 e. The fourth-order valence-corrected chi connectivity index (χ4v) is 2.57. The second-order valence-electron chi connectivity index (χ2n) is 5.47. The Morgan fingerprint density at radius 3 is 2.48 bits per heavy atom. The third-order valence-corrected chi connectivity index (χ3v) is 3.67. The van der Waals surface area contributed by atoms with Gasteiger partial charge in [0.1, 0.15) is 0 Å². The summed E-state index contributed by atoms with van der Waals surface area (Å²) in [7, 11) is 3.26. The SMILES string of the molecule is COc1ccc(CC(C)(N)c2cnccc2C)cc1OC. The van der Waals surface area contributed by atoms with E-state index in [1.54, 1.807) is 20.4 Å². The van der Waals surface area contributed by atoms with Gasteiger partial charge in [0, 0.05) is 17.9 Å². The molecule has 0 spiro atoms. The number of aromatic nitrogens is 1. The van der Waals surface area contributed by atoms with Crippen molar-refractivity contribution in [2.24, 2.45) is 5.73 Å². The van der Waals surface area contributed by atoms with Crippen molar-refractivity contribution >= 4 is 0 Å². The first-order chi connectivity index (χ1) is 9.97. The Morgan fingerprint density at radius 2 is 1.86 bits per heavy atom. The smallest absolute Gasteiger partial charge is 0.160 e. The van der Waals surface area contributed by atoms with Crippen molar-refractivity contribution in [1.29, 1.82) is 0 Å². The molecular weight excluding hydrogens is 264 g/mol. The Bertz CT molecular complexity index is 624. The minimum Gasteiger partial charge on any atom is -0.493 e. The first kappa shape index (κ1) is 15.3. The number of nitrogens with zero attached hydrogens (tertiary/aromatic N) is 1. The van der Waals surface area contributed by atoms with Crippen molar-refractivity contribution in [3.8, 4) is 11.5 Å². The van der Waals surface area contributed by atoms with E-state index in [1.807, 2.05) is 37.4 Å². The molecule has 1 unspecified atom stereocenters. The van der Waals surface area contributed by atoms with Crippen LogP contribution in [0.3, 0.4) is 0 Å². The van der Waals surface area contributed by atoms with Gasteiger partial charge in [0.05, 0.1) is 14.2 Å². The summed E-state index contributed by atoms with van der Waals surface area (Å²) in [6, 6.07) is 7.86. The van der Waals surface area contributed by atoms with Gasteiger partial charge in [0.2, 0.25) is 0 Å². The maximum absolute atomic E-state index is 6.52. The van der Waals surface area contributed by atoms with Gasteiger partial charge in [-0.3, -0.25) is 4.98 Å². The molecule has 0 aliphatic rings. The zero-order valence-corrected chi connectivity index (χ0v) is 13.0. The van der Waals surface area contributed by atoms with Gasteiger partial charge in [-0.05, 0) is 55.2 Å². The highest BCUT2D eigenvalue weighted by atomic mass is 16.5. The molecule has 0 saturated heterocycles. The van der Waals surface area contributed by atoms with E-state index in [4.69, 9.17) is 15.2 Å². The summed E-state index contributed by atoms with van der Waals surface area (Å²) < 4.78 is 10.6. The summed E-state index contributed by atoms with van der Waals surface area (Å²) in [5.41, 5.74) is 9.33. The molecule has 0 radical (unpaired) electrons. The van der Waals surface area contributed by atoms with Gasteiger partial charge in [-0.25, -0.2) is 0 Å². The molecule has 4 heteroatoms. The minimum absolute atomic E-state index is 0.488. The number of nitrogens with two attached hydrogens (primary N) is 1. The molecule has 2 rings (SSSR count). The lowest BCUT2D eigenvalue weighted by atomic mass is 9.85. The molecule has 4 nitrogen and oxygen atoms in total. The summed E-state index contributed by atoms with van der Waals surface area (Å²) in [5, 5.41) is 0. The first-order valence-electron chi connectivity index (χ1n) is 6.89. The molecule has 0 aliphatic carbocycles. The Hall–Kier alpha value is -2.07. The summed E-state index contributed by atoms with van der Waals surface area (Å²) in [6.45, 7) is 4.07. The van der Waals surface area contributed by atoms with Crippen LogP contribution in [-0.4, -0.2) is 19.2 Å². The molecule has 21 heavy (non-hydrogen) atoms. The fourth-order valence-electron chi connectivity index (χ4n) is 2.57. The lowest BCUT2D eigenvalue weighted by Crippen LogP contribution is -2.36. The average molecular weight is 286 g/mol. The first-order valence-corrected chi connectivity index (χ1v) is 6.89. The quantitative estimate of drug-likeness (QED) is 0.918. The summed E-state index contributed by atoms with van der Waals surface area (Å²) in [4.78, 5) is 4.19. The topological polar surface area (TPSA) is 57.4 Å². The van der Waals surface area contributed by atoms with E-state index in [0.29, 0.717) is 12.2 Å². The maximum Gasteiger partial charge on any atom is 0.160 e. The van der Waals surface area contributed by atoms with Gasteiger partial charge in [-0.1, -0.05) is 6.07 Å². The van der Waals surface area contributed by atoms with Crippen molar-refractivity contribution in [3.05, 3.63) is 53.3 Å². The van der Waals surface area contributed by atoms with E-state index in [1.165, 1.54) is 0 Å².